The zero-order chi connectivity index (χ0) is 14.9. The van der Waals surface area contributed by atoms with Crippen molar-refractivity contribution in [1.29, 1.82) is 10.5 Å². The van der Waals surface area contributed by atoms with E-state index >= 15 is 0 Å². The lowest BCUT2D eigenvalue weighted by atomic mass is 9.99. The Morgan fingerprint density at radius 1 is 1.26 bits per heavy atom. The maximum Gasteiger partial charge on any atom is 0.298 e. The lowest BCUT2D eigenvalue weighted by Crippen LogP contribution is -3.11. The van der Waals surface area contributed by atoms with Crippen LogP contribution in [-0.2, 0) is 4.79 Å². The molecule has 1 rings (SSSR count). The molecule has 19 heavy (non-hydrogen) atoms. The van der Waals surface area contributed by atoms with E-state index in [1.165, 1.54) is 31.8 Å². The van der Waals surface area contributed by atoms with Crippen LogP contribution in [0.3, 0.4) is 0 Å². The second kappa shape index (κ2) is 7.90. The van der Waals surface area contributed by atoms with Crippen molar-refractivity contribution in [3.63, 3.8) is 0 Å². The third-order valence-corrected chi connectivity index (χ3v) is 2.70. The number of carbonyl (C=O) groups is 1. The van der Waals surface area contributed by atoms with Crippen molar-refractivity contribution in [3.8, 4) is 12.1 Å². The number of carbonyl (C=O) groups excluding carboxylic acids is 1. The average molecular weight is 264 g/mol. The predicted octanol–water partition coefficient (Wildman–Crippen LogP) is -1.72. The van der Waals surface area contributed by atoms with E-state index in [0.717, 1.165) is 0 Å². The van der Waals surface area contributed by atoms with Gasteiger partial charge in [-0.15, -0.1) is 10.2 Å². The van der Waals surface area contributed by atoms with Crippen LogP contribution in [0.15, 0.2) is 15.4 Å². The molecule has 1 aliphatic heterocycles. The zero-order valence-corrected chi connectivity index (χ0v) is 11.2. The van der Waals surface area contributed by atoms with Crippen molar-refractivity contribution in [2.45, 2.75) is 26.3 Å². The number of carboxylic acid groups (broad SMARTS) is 1. The number of hydrogen-bond acceptors (Lipinski definition) is 7. The van der Waals surface area contributed by atoms with E-state index in [0.29, 0.717) is 0 Å². The van der Waals surface area contributed by atoms with Crippen molar-refractivity contribution in [2.75, 3.05) is 19.6 Å². The van der Waals surface area contributed by atoms with Crippen molar-refractivity contribution in [1.82, 2.24) is 0 Å². The van der Waals surface area contributed by atoms with Gasteiger partial charge in [-0.05, 0) is 26.0 Å². The topological polar surface area (TPSA) is 129 Å². The highest BCUT2D eigenvalue weighted by Gasteiger charge is 2.41. The Labute approximate surface area is 111 Å². The van der Waals surface area contributed by atoms with Crippen LogP contribution in [0.2, 0.25) is 0 Å². The molecule has 8 heteroatoms. The third kappa shape index (κ3) is 4.12. The smallest absolute Gasteiger partial charge is 0.298 e. The number of carboxylic acids is 1. The van der Waals surface area contributed by atoms with Gasteiger partial charge in [-0.1, -0.05) is 0 Å². The van der Waals surface area contributed by atoms with Crippen LogP contribution in [0, 0.1) is 22.7 Å². The number of nitriles is 2. The van der Waals surface area contributed by atoms with E-state index < -0.39 is 17.2 Å². The highest BCUT2D eigenvalue weighted by Crippen LogP contribution is 2.17. The molecule has 0 amide bonds. The molecule has 1 heterocycles. The van der Waals surface area contributed by atoms with Crippen molar-refractivity contribution < 1.29 is 14.8 Å². The highest BCUT2D eigenvalue weighted by atomic mass is 16.4. The van der Waals surface area contributed by atoms with Crippen LogP contribution in [0.4, 0.5) is 0 Å². The fourth-order valence-electron chi connectivity index (χ4n) is 1.37. The maximum absolute atomic E-state index is 10.3. The second-order valence-electron chi connectivity index (χ2n) is 3.67. The van der Waals surface area contributed by atoms with Gasteiger partial charge < -0.3 is 14.8 Å². The summed E-state index contributed by atoms with van der Waals surface area (Å²) in [5, 5.41) is 36.2. The van der Waals surface area contributed by atoms with Crippen LogP contribution < -0.4 is 10.0 Å². The molecule has 0 aromatic heterocycles. The molecular weight excluding hydrogens is 248 g/mol. The molecule has 1 N–H and O–H groups in total. The summed E-state index contributed by atoms with van der Waals surface area (Å²) in [6.07, 6.45) is 0. The Kier molecular flexibility index (Phi) is 6.94. The second-order valence-corrected chi connectivity index (χ2v) is 3.67. The summed E-state index contributed by atoms with van der Waals surface area (Å²) in [6.45, 7) is 10.5. The van der Waals surface area contributed by atoms with E-state index in [1.54, 1.807) is 4.90 Å². The summed E-state index contributed by atoms with van der Waals surface area (Å²) in [5.41, 5.74) is -2.90. The van der Waals surface area contributed by atoms with Crippen LogP contribution in [-0.4, -0.2) is 36.9 Å². The van der Waals surface area contributed by atoms with Crippen LogP contribution >= 0.6 is 0 Å². The summed E-state index contributed by atoms with van der Waals surface area (Å²) in [6, 6.07) is 2.77. The molecule has 8 nitrogen and oxygen atoms in total. The van der Waals surface area contributed by atoms with Gasteiger partial charge in [0.25, 0.3) is 5.54 Å². The predicted molar refractivity (Wildman–Crippen MR) is 63.8 cm³/mol. The van der Waals surface area contributed by atoms with Gasteiger partial charge in [0.1, 0.15) is 17.9 Å². The highest BCUT2D eigenvalue weighted by molar-refractivity contribution is 6.40. The first-order chi connectivity index (χ1) is 9.01. The van der Waals surface area contributed by atoms with E-state index in [4.69, 9.17) is 10.5 Å². The first-order valence-corrected chi connectivity index (χ1v) is 5.88. The minimum absolute atomic E-state index is 0.771. The van der Waals surface area contributed by atoms with Gasteiger partial charge in [0.15, 0.2) is 0 Å². The molecule has 0 saturated heterocycles. The van der Waals surface area contributed by atoms with Crippen molar-refractivity contribution in [2.24, 2.45) is 15.4 Å². The zero-order valence-electron chi connectivity index (χ0n) is 11.2. The summed E-state index contributed by atoms with van der Waals surface area (Å²) in [4.78, 5) is 12.0. The largest absolute Gasteiger partial charge is 0.543 e. The number of aliphatic carboxylic acids is 1. The quantitative estimate of drug-likeness (QED) is 0.647. The van der Waals surface area contributed by atoms with Gasteiger partial charge in [0, 0.05) is 0 Å². The lowest BCUT2D eigenvalue weighted by molar-refractivity contribution is -0.894. The number of nitrogens with one attached hydrogen (secondary N) is 1. The Morgan fingerprint density at radius 3 is 1.95 bits per heavy atom. The normalized spacial score (nSPS) is 14.9. The molecule has 0 atom stereocenters. The Morgan fingerprint density at radius 2 is 1.74 bits per heavy atom. The van der Waals surface area contributed by atoms with Crippen LogP contribution in [0.25, 0.3) is 0 Å². The molecule has 0 unspecified atom stereocenters. The van der Waals surface area contributed by atoms with Gasteiger partial charge in [0.2, 0.25) is 0 Å². The molecular formula is C11H16N6O2. The lowest BCUT2D eigenvalue weighted by Gasteiger charge is -2.10. The molecule has 0 saturated carbocycles. The third-order valence-electron chi connectivity index (χ3n) is 2.70. The summed E-state index contributed by atoms with van der Waals surface area (Å²) < 4.78 is 0. The number of quaternary nitrogens is 1. The fraction of sp³-hybridized carbons (Fsp3) is 0.636. The molecule has 102 valence electrons. The molecule has 0 bridgehead atoms. The minimum Gasteiger partial charge on any atom is -0.543 e. The molecule has 0 aromatic carbocycles. The van der Waals surface area contributed by atoms with E-state index in [-0.39, 0.29) is 0 Å². The SMILES string of the molecule is CC[NH+](CC)CC.N#CC1(C#N)N=NN=C1C(=O)[O-]. The summed E-state index contributed by atoms with van der Waals surface area (Å²) >= 11 is 0. The van der Waals surface area contributed by atoms with Crippen LogP contribution in [0.5, 0.6) is 0 Å². The van der Waals surface area contributed by atoms with E-state index in [1.807, 2.05) is 0 Å². The molecule has 0 fully saturated rings. The Bertz CT molecular complexity index is 433. The number of nitrogens with zero attached hydrogens (tertiary/aromatic N) is 5. The van der Waals surface area contributed by atoms with Gasteiger partial charge in [-0.25, -0.2) is 0 Å². The van der Waals surface area contributed by atoms with Gasteiger partial charge >= 0.3 is 0 Å². The van der Waals surface area contributed by atoms with Crippen molar-refractivity contribution in [3.05, 3.63) is 0 Å². The molecule has 0 radical (unpaired) electrons. The first-order valence-electron chi connectivity index (χ1n) is 5.88. The van der Waals surface area contributed by atoms with E-state index in [9.17, 15) is 9.90 Å². The Balaban J connectivity index is 0.000000399. The molecule has 0 aromatic rings. The molecule has 0 aliphatic carbocycles. The first kappa shape index (κ1) is 16.7. The van der Waals surface area contributed by atoms with Gasteiger partial charge in [0.05, 0.1) is 25.6 Å². The van der Waals surface area contributed by atoms with Crippen LogP contribution in [0.1, 0.15) is 20.8 Å². The van der Waals surface area contributed by atoms with Gasteiger partial charge in [-0.2, -0.15) is 10.5 Å². The molecule has 0 spiro atoms. The van der Waals surface area contributed by atoms with Crippen molar-refractivity contribution >= 4 is 11.7 Å². The maximum atomic E-state index is 10.3. The summed E-state index contributed by atoms with van der Waals surface area (Å²) in [7, 11) is 0. The monoisotopic (exact) mass is 264 g/mol. The van der Waals surface area contributed by atoms with E-state index in [2.05, 4.69) is 36.2 Å². The number of hydrogen-bond donors (Lipinski definition) is 1. The standard InChI is InChI=1S/C6H15N.C5HN5O2/c1-4-7(5-2)6-3;6-1-5(2-7)3(4(11)12)8-10-9-5/h4-6H2,1-3H3;(H,11,12). The molecule has 1 aliphatic rings. The summed E-state index contributed by atoms with van der Waals surface area (Å²) in [5.74, 6) is -1.72. The Hall–Kier alpha value is -2.32. The average Bonchev–Trinajstić information content (AvgIpc) is 2.86. The van der Waals surface area contributed by atoms with Gasteiger partial charge in [-0.3, -0.25) is 0 Å². The number of rotatable bonds is 4. The minimum atomic E-state index is -2.13. The fourth-order valence-corrected chi connectivity index (χ4v) is 1.37.